The Kier molecular flexibility index (Phi) is 11.0. The first-order chi connectivity index (χ1) is 12.4. The first-order valence-corrected chi connectivity index (χ1v) is 12.7. The molecule has 0 aromatic heterocycles. The second kappa shape index (κ2) is 11.9. The fraction of sp³-hybridized carbons (Fsp3) is 0.478. The molecule has 27 heavy (non-hydrogen) atoms. The standard InChI is InChI=1S/C15H21OPS.C8H12.Rh/c1-10(2)17(18,11(3)4)15-13-8-6-5-7-12(13)9-14(15)16;1-2-4-6-8-7-5-3-1;/h5-8,10-11,16H,9H2,1-4H3;1-2,7-8H,3-6H2;/p-1. The second-order valence-electron chi connectivity index (χ2n) is 7.60. The summed E-state index contributed by atoms with van der Waals surface area (Å²) >= 11 is 6.02. The average molecular weight is 490 g/mol. The van der Waals surface area contributed by atoms with Crippen molar-refractivity contribution < 1.29 is 24.6 Å². The average Bonchev–Trinajstić information content (AvgIpc) is 2.89. The van der Waals surface area contributed by atoms with Crippen LogP contribution in [-0.4, -0.2) is 11.3 Å². The molecule has 0 heterocycles. The molecule has 3 rings (SSSR count). The van der Waals surface area contributed by atoms with Crippen molar-refractivity contribution in [2.45, 2.75) is 71.1 Å². The van der Waals surface area contributed by atoms with E-state index in [1.165, 1.54) is 25.7 Å². The Balaban J connectivity index is 0.000000342. The molecule has 0 spiro atoms. The minimum atomic E-state index is -1.80. The number of rotatable bonds is 3. The summed E-state index contributed by atoms with van der Waals surface area (Å²) in [6.07, 6.45) is 14.5. The first-order valence-electron chi connectivity index (χ1n) is 9.77. The van der Waals surface area contributed by atoms with Crippen molar-refractivity contribution in [3.63, 3.8) is 0 Å². The Morgan fingerprint density at radius 3 is 1.74 bits per heavy atom. The molecule has 2 aliphatic carbocycles. The minimum Gasteiger partial charge on any atom is -0.875 e. The van der Waals surface area contributed by atoms with Crippen LogP contribution in [0.25, 0.3) is 5.31 Å². The summed E-state index contributed by atoms with van der Waals surface area (Å²) in [6.45, 7) is 8.67. The van der Waals surface area contributed by atoms with E-state index in [4.69, 9.17) is 11.8 Å². The van der Waals surface area contributed by atoms with E-state index in [0.717, 1.165) is 16.4 Å². The van der Waals surface area contributed by atoms with Crippen molar-refractivity contribution in [3.8, 4) is 0 Å². The molecule has 0 saturated heterocycles. The van der Waals surface area contributed by atoms with E-state index in [0.29, 0.717) is 17.7 Å². The predicted octanol–water partition coefficient (Wildman–Crippen LogP) is 5.94. The van der Waals surface area contributed by atoms with Crippen LogP contribution in [0.1, 0.15) is 64.5 Å². The summed E-state index contributed by atoms with van der Waals surface area (Å²) < 4.78 is 0. The molecule has 5 radical (unpaired) electrons. The zero-order valence-electron chi connectivity index (χ0n) is 16.9. The van der Waals surface area contributed by atoms with Gasteiger partial charge in [0.1, 0.15) is 0 Å². The molecule has 0 N–H and O–H groups in total. The Morgan fingerprint density at radius 1 is 0.852 bits per heavy atom. The molecule has 1 aromatic carbocycles. The molecule has 0 aliphatic heterocycles. The van der Waals surface area contributed by atoms with E-state index in [9.17, 15) is 5.11 Å². The van der Waals surface area contributed by atoms with Crippen LogP contribution in [0.5, 0.6) is 0 Å². The van der Waals surface area contributed by atoms with Gasteiger partial charge in [-0.05, 0) is 91.6 Å². The Hall–Kier alpha value is 0.0334. The van der Waals surface area contributed by atoms with E-state index in [1.807, 2.05) is 12.1 Å². The van der Waals surface area contributed by atoms with Crippen LogP contribution in [0.3, 0.4) is 0 Å². The molecular weight excluding hydrogens is 458 g/mol. The van der Waals surface area contributed by atoms with Gasteiger partial charge in [0.2, 0.25) is 0 Å². The third kappa shape index (κ3) is 6.25. The molecule has 2 aliphatic rings. The van der Waals surface area contributed by atoms with Crippen LogP contribution in [0, 0.1) is 25.7 Å². The van der Waals surface area contributed by atoms with Gasteiger partial charge < -0.3 is 5.11 Å². The van der Waals surface area contributed by atoms with Crippen molar-refractivity contribution in [1.82, 2.24) is 0 Å². The smallest absolute Gasteiger partial charge is 0 e. The number of fused-ring (bicyclic) bond motifs is 1. The van der Waals surface area contributed by atoms with Gasteiger partial charge in [-0.1, -0.05) is 63.8 Å². The van der Waals surface area contributed by atoms with Crippen LogP contribution >= 0.6 is 6.04 Å². The molecule has 1 fully saturated rings. The molecule has 0 atom stereocenters. The van der Waals surface area contributed by atoms with E-state index in [1.54, 1.807) is 0 Å². The molecule has 1 aromatic rings. The van der Waals surface area contributed by atoms with Crippen molar-refractivity contribution in [3.05, 3.63) is 66.8 Å². The van der Waals surface area contributed by atoms with Gasteiger partial charge in [0.25, 0.3) is 0 Å². The quantitative estimate of drug-likeness (QED) is 0.387. The molecule has 0 bridgehead atoms. The van der Waals surface area contributed by atoms with E-state index in [2.05, 4.69) is 65.5 Å². The largest absolute Gasteiger partial charge is 0.875 e. The third-order valence-electron chi connectivity index (χ3n) is 5.10. The topological polar surface area (TPSA) is 23.1 Å². The first kappa shape index (κ1) is 25.1. The summed E-state index contributed by atoms with van der Waals surface area (Å²) in [7, 11) is 0. The van der Waals surface area contributed by atoms with Gasteiger partial charge in [0.15, 0.2) is 0 Å². The fourth-order valence-electron chi connectivity index (χ4n) is 3.66. The third-order valence-corrected chi connectivity index (χ3v) is 12.4. The Labute approximate surface area is 185 Å². The van der Waals surface area contributed by atoms with Crippen molar-refractivity contribution in [1.29, 1.82) is 0 Å². The normalized spacial score (nSPS) is 17.6. The van der Waals surface area contributed by atoms with Crippen molar-refractivity contribution >= 4 is 23.2 Å². The van der Waals surface area contributed by atoms with Crippen LogP contribution < -0.4 is 5.11 Å². The number of hydrogen-bond donors (Lipinski definition) is 0. The number of benzene rings is 1. The maximum absolute atomic E-state index is 12.4. The van der Waals surface area contributed by atoms with Crippen LogP contribution in [0.15, 0.2) is 30.0 Å². The van der Waals surface area contributed by atoms with Gasteiger partial charge >= 0.3 is 0 Å². The predicted molar refractivity (Wildman–Crippen MR) is 117 cm³/mol. The minimum absolute atomic E-state index is 0. The fourth-order valence-corrected chi connectivity index (χ4v) is 7.55. The molecular formula is C23H32OPRhS-. The van der Waals surface area contributed by atoms with Crippen LogP contribution in [0.4, 0.5) is 0 Å². The summed E-state index contributed by atoms with van der Waals surface area (Å²) in [5.74, 6) is 0.266. The molecule has 1 nitrogen and oxygen atoms in total. The summed E-state index contributed by atoms with van der Waals surface area (Å²) in [6, 6.07) is 6.34. The van der Waals surface area contributed by atoms with E-state index in [-0.39, 0.29) is 25.2 Å². The van der Waals surface area contributed by atoms with Crippen LogP contribution in [0.2, 0.25) is 0 Å². The van der Waals surface area contributed by atoms with Gasteiger partial charge in [-0.2, -0.15) is 0 Å². The van der Waals surface area contributed by atoms with E-state index >= 15 is 0 Å². The number of hydrogen-bond acceptors (Lipinski definition) is 2. The van der Waals surface area contributed by atoms with Gasteiger partial charge in [-0.3, -0.25) is 0 Å². The van der Waals surface area contributed by atoms with Crippen molar-refractivity contribution in [2.75, 3.05) is 0 Å². The maximum Gasteiger partial charge on any atom is 0 e. The van der Waals surface area contributed by atoms with Gasteiger partial charge in [-0.25, -0.2) is 0 Å². The van der Waals surface area contributed by atoms with Gasteiger partial charge in [0, 0.05) is 19.5 Å². The summed E-state index contributed by atoms with van der Waals surface area (Å²) in [4.78, 5) is 0. The van der Waals surface area contributed by atoms with E-state index < -0.39 is 6.04 Å². The Bertz CT molecular complexity index is 630. The van der Waals surface area contributed by atoms with Gasteiger partial charge in [-0.15, -0.1) is 5.76 Å². The molecule has 0 amide bonds. The summed E-state index contributed by atoms with van der Waals surface area (Å²) in [5, 5.41) is 13.4. The monoisotopic (exact) mass is 490 g/mol. The molecule has 0 unspecified atom stereocenters. The van der Waals surface area contributed by atoms with Gasteiger partial charge in [0.05, 0.1) is 0 Å². The SMILES string of the molecule is CC(C)P(=S)(C1=C([O-])Cc2ccccc21)C(C)C.[CH]1[CH]CC[CH][CH]CC1.[Rh]. The zero-order valence-corrected chi connectivity index (χ0v) is 20.3. The molecule has 1 saturated carbocycles. The zero-order chi connectivity index (χ0) is 19.2. The maximum atomic E-state index is 12.4. The van der Waals surface area contributed by atoms with Crippen LogP contribution in [-0.2, 0) is 37.7 Å². The summed E-state index contributed by atoms with van der Waals surface area (Å²) in [5.41, 5.74) is 3.07. The molecule has 151 valence electrons. The molecule has 4 heteroatoms. The second-order valence-corrected chi connectivity index (χ2v) is 13.3. The van der Waals surface area contributed by atoms with Crippen molar-refractivity contribution in [2.24, 2.45) is 0 Å². The number of allylic oxidation sites excluding steroid dienone is 1. The Morgan fingerprint density at radius 2 is 1.30 bits per heavy atom.